The van der Waals surface area contributed by atoms with Crippen molar-refractivity contribution in [2.75, 3.05) is 39.3 Å². The van der Waals surface area contributed by atoms with Gasteiger partial charge in [-0.2, -0.15) is 0 Å². The molecule has 68 heavy (non-hydrogen) atoms. The predicted molar refractivity (Wildman–Crippen MR) is 295 cm³/mol. The van der Waals surface area contributed by atoms with E-state index in [1.54, 1.807) is 0 Å². The largest absolute Gasteiger partial charge is 0.392 e. The van der Waals surface area contributed by atoms with Crippen LogP contribution in [-0.4, -0.2) is 95.4 Å². The standard InChI is InChI=1S/C60H120N4O4/c1-5-9-13-17-21-25-27-31-35-41-49-63(53-55(65)45-37-33-29-23-19-15-11-7-3)51-43-39-47-57-59(67)62-58(60(68)61-57)48-40-44-52-64(50-42-36-32-28-26-22-18-14-10-6-2)54-56(66)46-38-34-30-24-20-16-12-8-4/h55-58,65-66H,5-54H2,1-4H3,(H,61,68)(H,62,67)/t55-,56-,57+,58+/m1/s1. The Morgan fingerprint density at radius 3 is 0.824 bits per heavy atom. The molecule has 0 aromatic heterocycles. The molecule has 404 valence electrons. The molecule has 0 aromatic carbocycles. The summed E-state index contributed by atoms with van der Waals surface area (Å²) in [4.78, 5) is 31.5. The van der Waals surface area contributed by atoms with Crippen LogP contribution in [-0.2, 0) is 9.59 Å². The highest BCUT2D eigenvalue weighted by molar-refractivity contribution is 5.96. The van der Waals surface area contributed by atoms with Crippen molar-refractivity contribution in [3.63, 3.8) is 0 Å². The summed E-state index contributed by atoms with van der Waals surface area (Å²) in [5.74, 6) is -0.0754. The first-order chi connectivity index (χ1) is 33.3. The zero-order valence-electron chi connectivity index (χ0n) is 46.3. The molecule has 0 unspecified atom stereocenters. The van der Waals surface area contributed by atoms with E-state index in [-0.39, 0.29) is 24.0 Å². The summed E-state index contributed by atoms with van der Waals surface area (Å²) in [6, 6.07) is -0.915. The molecule has 1 saturated heterocycles. The third-order valence-electron chi connectivity index (χ3n) is 15.1. The van der Waals surface area contributed by atoms with Gasteiger partial charge in [0.1, 0.15) is 12.1 Å². The molecule has 0 saturated carbocycles. The zero-order valence-corrected chi connectivity index (χ0v) is 46.3. The molecule has 1 aliphatic rings. The van der Waals surface area contributed by atoms with E-state index >= 15 is 0 Å². The van der Waals surface area contributed by atoms with Crippen LogP contribution in [0.5, 0.6) is 0 Å². The summed E-state index contributed by atoms with van der Waals surface area (Å²) in [7, 11) is 0. The third-order valence-corrected chi connectivity index (χ3v) is 15.1. The van der Waals surface area contributed by atoms with E-state index in [0.29, 0.717) is 12.8 Å². The van der Waals surface area contributed by atoms with Crippen LogP contribution in [0.2, 0.25) is 0 Å². The SMILES string of the molecule is CCCCCCCCCCCCN(CCCC[C@@H]1NC(=O)[C@H](CCCCN(CCCCCCCCCCCC)C[C@H](O)CCCCCCCCCC)NC1=O)C[C@H](O)CCCCCCCCCC. The molecular weight excluding hydrogens is 841 g/mol. The Morgan fingerprint density at radius 1 is 0.338 bits per heavy atom. The quantitative estimate of drug-likeness (QED) is 0.0453. The highest BCUT2D eigenvalue weighted by Crippen LogP contribution is 2.18. The molecule has 4 atom stereocenters. The molecule has 0 radical (unpaired) electrons. The first kappa shape index (κ1) is 64.8. The van der Waals surface area contributed by atoms with Crippen molar-refractivity contribution in [1.29, 1.82) is 0 Å². The summed E-state index contributed by atoms with van der Waals surface area (Å²) in [5, 5.41) is 28.3. The molecule has 0 aromatic rings. The van der Waals surface area contributed by atoms with Gasteiger partial charge in [0.15, 0.2) is 0 Å². The monoisotopic (exact) mass is 961 g/mol. The molecule has 2 amide bonds. The number of hydrogen-bond acceptors (Lipinski definition) is 6. The Labute approximate surface area is 424 Å². The average Bonchev–Trinajstić information content (AvgIpc) is 3.33. The number of aliphatic hydroxyl groups is 2. The molecule has 1 heterocycles. The van der Waals surface area contributed by atoms with E-state index in [9.17, 15) is 19.8 Å². The minimum Gasteiger partial charge on any atom is -0.392 e. The Balaban J connectivity index is 2.51. The maximum absolute atomic E-state index is 13.3. The van der Waals surface area contributed by atoms with Gasteiger partial charge in [0.05, 0.1) is 12.2 Å². The number of carbonyl (C=O) groups is 2. The maximum Gasteiger partial charge on any atom is 0.243 e. The van der Waals surface area contributed by atoms with Crippen LogP contribution in [0.4, 0.5) is 0 Å². The first-order valence-electron chi connectivity index (χ1n) is 30.8. The van der Waals surface area contributed by atoms with Gasteiger partial charge in [-0.1, -0.05) is 246 Å². The fourth-order valence-corrected chi connectivity index (χ4v) is 10.5. The zero-order chi connectivity index (χ0) is 49.4. The Bertz CT molecular complexity index is 996. The van der Waals surface area contributed by atoms with E-state index in [2.05, 4.69) is 48.1 Å². The molecule has 0 bridgehead atoms. The lowest BCUT2D eigenvalue weighted by atomic mass is 10.0. The average molecular weight is 962 g/mol. The molecule has 1 fully saturated rings. The topological polar surface area (TPSA) is 105 Å². The summed E-state index contributed by atoms with van der Waals surface area (Å²) < 4.78 is 0. The Kier molecular flexibility index (Phi) is 47.0. The molecule has 1 aliphatic heterocycles. The molecule has 8 nitrogen and oxygen atoms in total. The summed E-state index contributed by atoms with van der Waals surface area (Å²) in [6.07, 6.45) is 53.4. The summed E-state index contributed by atoms with van der Waals surface area (Å²) in [6.45, 7) is 14.5. The fourth-order valence-electron chi connectivity index (χ4n) is 10.5. The normalized spacial score (nSPS) is 16.2. The Morgan fingerprint density at radius 2 is 0.559 bits per heavy atom. The number of nitrogens with one attached hydrogen (secondary N) is 2. The van der Waals surface area contributed by atoms with E-state index in [4.69, 9.17) is 0 Å². The van der Waals surface area contributed by atoms with Gasteiger partial charge in [0, 0.05) is 13.1 Å². The van der Waals surface area contributed by atoms with Crippen molar-refractivity contribution >= 4 is 11.8 Å². The minimum atomic E-state index is -0.458. The van der Waals surface area contributed by atoms with Crippen LogP contribution in [0, 0.1) is 0 Å². The van der Waals surface area contributed by atoms with Crippen LogP contribution >= 0.6 is 0 Å². The molecule has 0 aliphatic carbocycles. The molecular formula is C60H120N4O4. The lowest BCUT2D eigenvalue weighted by Gasteiger charge is -2.30. The van der Waals surface area contributed by atoms with Crippen molar-refractivity contribution in [2.45, 2.75) is 335 Å². The number of hydrogen-bond donors (Lipinski definition) is 4. The lowest BCUT2D eigenvalue weighted by molar-refractivity contribution is -0.137. The van der Waals surface area contributed by atoms with Crippen LogP contribution in [0.1, 0.15) is 310 Å². The van der Waals surface area contributed by atoms with Crippen molar-refractivity contribution in [1.82, 2.24) is 20.4 Å². The van der Waals surface area contributed by atoms with E-state index in [0.717, 1.165) is 90.6 Å². The highest BCUT2D eigenvalue weighted by atomic mass is 16.3. The van der Waals surface area contributed by atoms with Crippen molar-refractivity contribution in [3.8, 4) is 0 Å². The van der Waals surface area contributed by atoms with E-state index in [1.807, 2.05) is 0 Å². The minimum absolute atomic E-state index is 0.0377. The second kappa shape index (κ2) is 49.4. The van der Waals surface area contributed by atoms with Gasteiger partial charge >= 0.3 is 0 Å². The summed E-state index contributed by atoms with van der Waals surface area (Å²) in [5.41, 5.74) is 0. The predicted octanol–water partition coefficient (Wildman–Crippen LogP) is 15.5. The number of unbranched alkanes of at least 4 members (excludes halogenated alkanes) is 34. The van der Waals surface area contributed by atoms with Crippen LogP contribution in [0.25, 0.3) is 0 Å². The number of nitrogens with zero attached hydrogens (tertiary/aromatic N) is 2. The fraction of sp³-hybridized carbons (Fsp3) is 0.967. The van der Waals surface area contributed by atoms with Crippen LogP contribution in [0.3, 0.4) is 0 Å². The number of rotatable bonds is 54. The molecule has 8 heteroatoms. The Hall–Kier alpha value is -1.22. The van der Waals surface area contributed by atoms with Gasteiger partial charge in [-0.05, 0) is 90.4 Å². The number of amides is 2. The maximum atomic E-state index is 13.3. The second-order valence-corrected chi connectivity index (χ2v) is 21.9. The van der Waals surface area contributed by atoms with Crippen molar-refractivity contribution < 1.29 is 19.8 Å². The van der Waals surface area contributed by atoms with Gasteiger partial charge in [-0.15, -0.1) is 0 Å². The third kappa shape index (κ3) is 40.4. The molecule has 4 N–H and O–H groups in total. The lowest BCUT2D eigenvalue weighted by Crippen LogP contribution is -2.61. The van der Waals surface area contributed by atoms with Crippen LogP contribution < -0.4 is 10.6 Å². The van der Waals surface area contributed by atoms with E-state index in [1.165, 1.54) is 218 Å². The summed E-state index contributed by atoms with van der Waals surface area (Å²) >= 11 is 0. The van der Waals surface area contributed by atoms with Gasteiger partial charge in [0.2, 0.25) is 11.8 Å². The molecule has 1 rings (SSSR count). The van der Waals surface area contributed by atoms with Crippen molar-refractivity contribution in [3.05, 3.63) is 0 Å². The number of aliphatic hydroxyl groups excluding tert-OH is 2. The number of piperazine rings is 1. The van der Waals surface area contributed by atoms with Gasteiger partial charge in [-0.3, -0.25) is 9.59 Å². The van der Waals surface area contributed by atoms with Gasteiger partial charge in [-0.25, -0.2) is 0 Å². The van der Waals surface area contributed by atoms with Crippen molar-refractivity contribution in [2.24, 2.45) is 0 Å². The van der Waals surface area contributed by atoms with Gasteiger partial charge < -0.3 is 30.6 Å². The second-order valence-electron chi connectivity index (χ2n) is 21.9. The van der Waals surface area contributed by atoms with E-state index < -0.39 is 12.1 Å². The van der Waals surface area contributed by atoms with Gasteiger partial charge in [0.25, 0.3) is 0 Å². The van der Waals surface area contributed by atoms with Crippen LogP contribution in [0.15, 0.2) is 0 Å². The number of carbonyl (C=O) groups excluding carboxylic acids is 2. The first-order valence-corrected chi connectivity index (χ1v) is 30.8. The smallest absolute Gasteiger partial charge is 0.243 e. The molecule has 0 spiro atoms. The highest BCUT2D eigenvalue weighted by Gasteiger charge is 2.32.